The molecule has 82 valence electrons. The molecule has 1 aliphatic heterocycles. The summed E-state index contributed by atoms with van der Waals surface area (Å²) >= 11 is 0. The Morgan fingerprint density at radius 1 is 1.20 bits per heavy atom. The Hall–Kier alpha value is -1.52. The normalized spacial score (nSPS) is 18.1. The fourth-order valence-electron chi connectivity index (χ4n) is 1.82. The van der Waals surface area contributed by atoms with Gasteiger partial charge < -0.3 is 16.4 Å². The number of aromatic nitrogens is 2. The number of hydrogen-bond donors (Lipinski definition) is 2. The van der Waals surface area contributed by atoms with Gasteiger partial charge in [-0.15, -0.1) is 0 Å². The van der Waals surface area contributed by atoms with Crippen molar-refractivity contribution in [2.75, 3.05) is 29.5 Å². The van der Waals surface area contributed by atoms with E-state index in [9.17, 15) is 0 Å². The molecular weight excluding hydrogens is 190 g/mol. The lowest BCUT2D eigenvalue weighted by Crippen LogP contribution is -2.34. The van der Waals surface area contributed by atoms with Gasteiger partial charge in [0.2, 0.25) is 5.95 Å². The molecule has 5 heteroatoms. The predicted octanol–water partition coefficient (Wildman–Crippen LogP) is 0.877. The summed E-state index contributed by atoms with van der Waals surface area (Å²) in [5, 5.41) is 0. The molecule has 0 bridgehead atoms. The van der Waals surface area contributed by atoms with E-state index < -0.39 is 0 Å². The topological polar surface area (TPSA) is 81.1 Å². The van der Waals surface area contributed by atoms with Crippen LogP contribution >= 0.6 is 0 Å². The minimum Gasteiger partial charge on any atom is -0.383 e. The number of nitrogen functional groups attached to an aromatic ring is 2. The molecule has 0 atom stereocenters. The first-order valence-electron chi connectivity index (χ1n) is 5.30. The monoisotopic (exact) mass is 207 g/mol. The van der Waals surface area contributed by atoms with Gasteiger partial charge in [0.05, 0.1) is 0 Å². The average molecular weight is 207 g/mol. The maximum atomic E-state index is 5.64. The van der Waals surface area contributed by atoms with Crippen LogP contribution in [0.4, 0.5) is 17.6 Å². The van der Waals surface area contributed by atoms with Crippen molar-refractivity contribution in [1.29, 1.82) is 0 Å². The van der Waals surface area contributed by atoms with Crippen LogP contribution in [0.3, 0.4) is 0 Å². The van der Waals surface area contributed by atoms with Crippen LogP contribution in [0.5, 0.6) is 0 Å². The molecule has 0 aliphatic carbocycles. The van der Waals surface area contributed by atoms with Crippen LogP contribution in [0, 0.1) is 5.92 Å². The molecule has 1 fully saturated rings. The summed E-state index contributed by atoms with van der Waals surface area (Å²) in [6.45, 7) is 4.25. The minimum atomic E-state index is 0.441. The Balaban J connectivity index is 2.15. The zero-order chi connectivity index (χ0) is 10.8. The van der Waals surface area contributed by atoms with Crippen molar-refractivity contribution in [1.82, 2.24) is 9.97 Å². The van der Waals surface area contributed by atoms with Gasteiger partial charge >= 0.3 is 0 Å². The summed E-state index contributed by atoms with van der Waals surface area (Å²) in [4.78, 5) is 10.5. The van der Waals surface area contributed by atoms with Crippen molar-refractivity contribution in [3.63, 3.8) is 0 Å². The molecule has 1 aliphatic rings. The van der Waals surface area contributed by atoms with Crippen LogP contribution in [0.25, 0.3) is 0 Å². The van der Waals surface area contributed by atoms with Crippen molar-refractivity contribution in [3.05, 3.63) is 6.07 Å². The molecule has 0 radical (unpaired) electrons. The van der Waals surface area contributed by atoms with E-state index in [0.717, 1.165) is 19.0 Å². The quantitative estimate of drug-likeness (QED) is 0.714. The van der Waals surface area contributed by atoms with Gasteiger partial charge in [-0.25, -0.2) is 0 Å². The average Bonchev–Trinajstić information content (AvgIpc) is 2.17. The van der Waals surface area contributed by atoms with Crippen LogP contribution in [0.2, 0.25) is 0 Å². The number of anilines is 3. The third-order valence-corrected chi connectivity index (χ3v) is 2.82. The first-order chi connectivity index (χ1) is 7.15. The fourth-order valence-corrected chi connectivity index (χ4v) is 1.82. The van der Waals surface area contributed by atoms with E-state index in [4.69, 9.17) is 11.5 Å². The van der Waals surface area contributed by atoms with E-state index in [1.807, 2.05) is 0 Å². The Morgan fingerprint density at radius 2 is 1.73 bits per heavy atom. The largest absolute Gasteiger partial charge is 0.383 e. The molecule has 1 aromatic heterocycles. The highest BCUT2D eigenvalue weighted by atomic mass is 15.3. The molecule has 5 nitrogen and oxygen atoms in total. The van der Waals surface area contributed by atoms with Crippen molar-refractivity contribution < 1.29 is 0 Å². The van der Waals surface area contributed by atoms with Gasteiger partial charge in [-0.2, -0.15) is 9.97 Å². The maximum Gasteiger partial charge on any atom is 0.229 e. The van der Waals surface area contributed by atoms with Crippen LogP contribution < -0.4 is 16.4 Å². The fraction of sp³-hybridized carbons (Fsp3) is 0.600. The highest BCUT2D eigenvalue weighted by molar-refractivity contribution is 5.48. The summed E-state index contributed by atoms with van der Waals surface area (Å²) in [6, 6.07) is 1.58. The Morgan fingerprint density at radius 3 is 2.27 bits per heavy atom. The standard InChI is InChI=1S/C10H17N5/c1-7-2-4-15(5-3-7)10-13-8(11)6-9(12)14-10/h6-7H,2-5H2,1H3,(H4,11,12,13,14). The van der Waals surface area contributed by atoms with Gasteiger partial charge in [-0.05, 0) is 18.8 Å². The Kier molecular flexibility index (Phi) is 2.62. The Labute approximate surface area is 89.5 Å². The molecule has 1 saturated heterocycles. The molecule has 2 heterocycles. The van der Waals surface area contributed by atoms with E-state index in [1.54, 1.807) is 6.07 Å². The van der Waals surface area contributed by atoms with Gasteiger partial charge in [0.15, 0.2) is 0 Å². The molecule has 2 rings (SSSR count). The van der Waals surface area contributed by atoms with Crippen molar-refractivity contribution >= 4 is 17.6 Å². The number of hydrogen-bond acceptors (Lipinski definition) is 5. The van der Waals surface area contributed by atoms with Crippen molar-refractivity contribution in [3.8, 4) is 0 Å². The SMILES string of the molecule is CC1CCN(c2nc(N)cc(N)n2)CC1. The van der Waals surface area contributed by atoms with Gasteiger partial charge in [0.25, 0.3) is 0 Å². The van der Waals surface area contributed by atoms with Gasteiger partial charge in [0.1, 0.15) is 11.6 Å². The zero-order valence-electron chi connectivity index (χ0n) is 8.98. The summed E-state index contributed by atoms with van der Waals surface area (Å²) in [6.07, 6.45) is 2.36. The first-order valence-corrected chi connectivity index (χ1v) is 5.30. The van der Waals surface area contributed by atoms with Crippen molar-refractivity contribution in [2.45, 2.75) is 19.8 Å². The predicted molar refractivity (Wildman–Crippen MR) is 61.5 cm³/mol. The number of nitrogens with zero attached hydrogens (tertiary/aromatic N) is 3. The Bertz CT molecular complexity index is 323. The highest BCUT2D eigenvalue weighted by Crippen LogP contribution is 2.21. The second-order valence-corrected chi connectivity index (χ2v) is 4.19. The minimum absolute atomic E-state index is 0.441. The second kappa shape index (κ2) is 3.92. The van der Waals surface area contributed by atoms with E-state index in [0.29, 0.717) is 17.6 Å². The molecule has 15 heavy (non-hydrogen) atoms. The van der Waals surface area contributed by atoms with Gasteiger partial charge in [0, 0.05) is 19.2 Å². The first kappa shape index (κ1) is 10.0. The van der Waals surface area contributed by atoms with Crippen LogP contribution in [-0.4, -0.2) is 23.1 Å². The van der Waals surface area contributed by atoms with Gasteiger partial charge in [-0.3, -0.25) is 0 Å². The third-order valence-electron chi connectivity index (χ3n) is 2.82. The number of nitrogens with two attached hydrogens (primary N) is 2. The van der Waals surface area contributed by atoms with E-state index in [-0.39, 0.29) is 0 Å². The van der Waals surface area contributed by atoms with E-state index in [1.165, 1.54) is 12.8 Å². The summed E-state index contributed by atoms with van der Waals surface area (Å²) in [5.74, 6) is 2.34. The van der Waals surface area contributed by atoms with Crippen LogP contribution in [-0.2, 0) is 0 Å². The van der Waals surface area contributed by atoms with E-state index >= 15 is 0 Å². The van der Waals surface area contributed by atoms with Crippen LogP contribution in [0.15, 0.2) is 6.07 Å². The van der Waals surface area contributed by atoms with Crippen LogP contribution in [0.1, 0.15) is 19.8 Å². The lowest BCUT2D eigenvalue weighted by molar-refractivity contribution is 0.434. The molecule has 0 amide bonds. The smallest absolute Gasteiger partial charge is 0.229 e. The zero-order valence-corrected chi connectivity index (χ0v) is 8.98. The molecule has 0 spiro atoms. The number of rotatable bonds is 1. The summed E-state index contributed by atoms with van der Waals surface area (Å²) in [5.41, 5.74) is 11.3. The molecule has 0 saturated carbocycles. The summed E-state index contributed by atoms with van der Waals surface area (Å²) in [7, 11) is 0. The lowest BCUT2D eigenvalue weighted by Gasteiger charge is -2.30. The molecule has 0 unspecified atom stereocenters. The molecule has 1 aromatic rings. The highest BCUT2D eigenvalue weighted by Gasteiger charge is 2.18. The number of piperidine rings is 1. The van der Waals surface area contributed by atoms with Crippen molar-refractivity contribution in [2.24, 2.45) is 5.92 Å². The summed E-state index contributed by atoms with van der Waals surface area (Å²) < 4.78 is 0. The van der Waals surface area contributed by atoms with E-state index in [2.05, 4.69) is 21.8 Å². The molecule has 0 aromatic carbocycles. The second-order valence-electron chi connectivity index (χ2n) is 4.19. The third kappa shape index (κ3) is 2.29. The lowest BCUT2D eigenvalue weighted by atomic mass is 10.00. The molecule has 4 N–H and O–H groups in total. The maximum absolute atomic E-state index is 5.64. The van der Waals surface area contributed by atoms with Gasteiger partial charge in [-0.1, -0.05) is 6.92 Å². The molecular formula is C10H17N5.